The normalized spacial score (nSPS) is 10.1. The predicted octanol–water partition coefficient (Wildman–Crippen LogP) is 1.73. The number of hydrogen-bond donors (Lipinski definition) is 3. The Morgan fingerprint density at radius 2 is 1.79 bits per heavy atom. The first-order chi connectivity index (χ1) is 6.83. The summed E-state index contributed by atoms with van der Waals surface area (Å²) in [5, 5.41) is 0. The molecule has 0 radical (unpaired) electrons. The lowest BCUT2D eigenvalue weighted by Gasteiger charge is -2.01. The van der Waals surface area contributed by atoms with Crippen molar-refractivity contribution in [1.29, 1.82) is 0 Å². The number of rotatable bonds is 2. The molecule has 0 aliphatic rings. The molecule has 0 bridgehead atoms. The first-order valence-corrected chi connectivity index (χ1v) is 4.65. The number of nitrogens with one attached hydrogen (secondary N) is 2. The fourth-order valence-corrected chi connectivity index (χ4v) is 0.829. The summed E-state index contributed by atoms with van der Waals surface area (Å²) in [6.45, 7) is 5.83. The van der Waals surface area contributed by atoms with E-state index in [-0.39, 0.29) is 0 Å². The van der Waals surface area contributed by atoms with Crippen LogP contribution in [0.5, 0.6) is 0 Å². The van der Waals surface area contributed by atoms with Gasteiger partial charge in [0.1, 0.15) is 5.84 Å². The Labute approximate surface area is 85.2 Å². The smallest absolute Gasteiger partial charge is 0.114 e. The van der Waals surface area contributed by atoms with Gasteiger partial charge >= 0.3 is 0 Å². The molecule has 0 spiro atoms. The summed E-state index contributed by atoms with van der Waals surface area (Å²) in [7, 11) is 0. The zero-order valence-corrected chi connectivity index (χ0v) is 8.91. The second-order valence-electron chi connectivity index (χ2n) is 2.30. The van der Waals surface area contributed by atoms with Crippen LogP contribution in [0, 0.1) is 0 Å². The molecule has 1 aromatic carbocycles. The first kappa shape index (κ1) is 12.6. The lowest BCUT2D eigenvalue weighted by Crippen LogP contribution is -2.40. The number of nitrogens with two attached hydrogens (primary N) is 1. The number of benzene rings is 1. The Morgan fingerprint density at radius 1 is 1.21 bits per heavy atom. The molecule has 0 aromatic heterocycles. The summed E-state index contributed by atoms with van der Waals surface area (Å²) in [4.78, 5) is 4.21. The largest absolute Gasteiger partial charge is 0.296 e. The standard InChI is InChI=1S/C8H12N4.C2H6/c1-7(11-12-9)10-8-5-3-2-4-6-8;1-2/h2-6,12H,9H2,1H3,(H,10,11);1-2H3. The molecule has 0 atom stereocenters. The van der Waals surface area contributed by atoms with E-state index in [9.17, 15) is 0 Å². The van der Waals surface area contributed by atoms with E-state index >= 15 is 0 Å². The summed E-state index contributed by atoms with van der Waals surface area (Å²) >= 11 is 0. The fourth-order valence-electron chi connectivity index (χ4n) is 0.829. The van der Waals surface area contributed by atoms with Crippen LogP contribution in [0.1, 0.15) is 20.8 Å². The molecule has 4 nitrogen and oxygen atoms in total. The summed E-state index contributed by atoms with van der Waals surface area (Å²) < 4.78 is 0. The minimum Gasteiger partial charge on any atom is -0.296 e. The molecule has 14 heavy (non-hydrogen) atoms. The maximum Gasteiger partial charge on any atom is 0.114 e. The van der Waals surface area contributed by atoms with Crippen LogP contribution in [0.15, 0.2) is 35.3 Å². The van der Waals surface area contributed by atoms with Crippen LogP contribution >= 0.6 is 0 Å². The van der Waals surface area contributed by atoms with Crippen molar-refractivity contribution in [2.45, 2.75) is 20.8 Å². The van der Waals surface area contributed by atoms with Gasteiger partial charge in [0, 0.05) is 0 Å². The van der Waals surface area contributed by atoms with Crippen LogP contribution in [0.2, 0.25) is 0 Å². The third kappa shape index (κ3) is 5.29. The average molecular weight is 194 g/mol. The highest BCUT2D eigenvalue weighted by molar-refractivity contribution is 5.81. The van der Waals surface area contributed by atoms with Gasteiger partial charge in [0.2, 0.25) is 0 Å². The van der Waals surface area contributed by atoms with Gasteiger partial charge in [-0.15, -0.1) is 0 Å². The Balaban J connectivity index is 0.000000791. The average Bonchev–Trinajstić information content (AvgIpc) is 2.22. The topological polar surface area (TPSA) is 62.4 Å². The molecule has 0 saturated heterocycles. The highest BCUT2D eigenvalue weighted by atomic mass is 15.5. The van der Waals surface area contributed by atoms with E-state index in [1.54, 1.807) is 0 Å². The molecule has 0 amide bonds. The van der Waals surface area contributed by atoms with Crippen LogP contribution < -0.4 is 16.8 Å². The summed E-state index contributed by atoms with van der Waals surface area (Å²) in [6.07, 6.45) is 0. The Morgan fingerprint density at radius 3 is 2.29 bits per heavy atom. The van der Waals surface area contributed by atoms with Crippen LogP contribution in [-0.2, 0) is 0 Å². The second-order valence-corrected chi connectivity index (χ2v) is 2.30. The summed E-state index contributed by atoms with van der Waals surface area (Å²) in [5.74, 6) is 5.77. The van der Waals surface area contributed by atoms with Crippen molar-refractivity contribution in [3.8, 4) is 0 Å². The van der Waals surface area contributed by atoms with E-state index in [4.69, 9.17) is 5.84 Å². The number of para-hydroxylation sites is 1. The number of amidine groups is 1. The van der Waals surface area contributed by atoms with Crippen molar-refractivity contribution in [2.24, 2.45) is 10.8 Å². The number of nitrogens with zero attached hydrogens (tertiary/aromatic N) is 1. The van der Waals surface area contributed by atoms with E-state index in [0.29, 0.717) is 0 Å². The molecule has 4 heteroatoms. The van der Waals surface area contributed by atoms with Gasteiger partial charge in [0.15, 0.2) is 0 Å². The van der Waals surface area contributed by atoms with Crippen LogP contribution in [-0.4, -0.2) is 5.84 Å². The lowest BCUT2D eigenvalue weighted by molar-refractivity contribution is 0.693. The number of hydrogen-bond acceptors (Lipinski definition) is 3. The molecule has 0 heterocycles. The molecule has 4 N–H and O–H groups in total. The molecular weight excluding hydrogens is 176 g/mol. The van der Waals surface area contributed by atoms with Gasteiger partial charge in [-0.25, -0.2) is 4.99 Å². The first-order valence-electron chi connectivity index (χ1n) is 4.65. The van der Waals surface area contributed by atoms with Crippen LogP contribution in [0.3, 0.4) is 0 Å². The molecule has 0 aliphatic carbocycles. The SMILES string of the molecule is CC.CC(=Nc1ccccc1)NNN. The third-order valence-corrected chi connectivity index (χ3v) is 1.31. The van der Waals surface area contributed by atoms with Gasteiger partial charge in [0.05, 0.1) is 5.69 Å². The van der Waals surface area contributed by atoms with E-state index in [2.05, 4.69) is 16.0 Å². The van der Waals surface area contributed by atoms with Crippen molar-refractivity contribution in [2.75, 3.05) is 0 Å². The molecular formula is C10H18N4. The molecule has 0 saturated carbocycles. The van der Waals surface area contributed by atoms with Gasteiger partial charge in [-0.1, -0.05) is 32.0 Å². The van der Waals surface area contributed by atoms with Crippen molar-refractivity contribution in [3.63, 3.8) is 0 Å². The predicted molar refractivity (Wildman–Crippen MR) is 61.0 cm³/mol. The maximum atomic E-state index is 5.04. The highest BCUT2D eigenvalue weighted by Gasteiger charge is 1.87. The Hall–Kier alpha value is -1.39. The minimum absolute atomic E-state index is 0.726. The number of hydrazine groups is 2. The quantitative estimate of drug-likeness (QED) is 0.291. The Bertz CT molecular complexity index is 256. The van der Waals surface area contributed by atoms with Crippen LogP contribution in [0.25, 0.3) is 0 Å². The van der Waals surface area contributed by atoms with Gasteiger partial charge in [0.25, 0.3) is 0 Å². The Kier molecular flexibility index (Phi) is 7.40. The van der Waals surface area contributed by atoms with E-state index in [0.717, 1.165) is 11.5 Å². The molecule has 78 valence electrons. The van der Waals surface area contributed by atoms with Crippen molar-refractivity contribution in [3.05, 3.63) is 30.3 Å². The van der Waals surface area contributed by atoms with Gasteiger partial charge in [-0.2, -0.15) is 5.53 Å². The summed E-state index contributed by atoms with van der Waals surface area (Å²) in [5.41, 5.74) is 5.88. The molecule has 1 aromatic rings. The van der Waals surface area contributed by atoms with Crippen LogP contribution in [0.4, 0.5) is 5.69 Å². The van der Waals surface area contributed by atoms with Gasteiger partial charge in [-0.05, 0) is 19.1 Å². The van der Waals surface area contributed by atoms with Crippen molar-refractivity contribution in [1.82, 2.24) is 11.0 Å². The second kappa shape index (κ2) is 8.22. The molecule has 1 rings (SSSR count). The third-order valence-electron chi connectivity index (χ3n) is 1.31. The fraction of sp³-hybridized carbons (Fsp3) is 0.300. The van der Waals surface area contributed by atoms with Gasteiger partial charge < -0.3 is 0 Å². The number of aliphatic imine (C=N–C) groups is 1. The lowest BCUT2D eigenvalue weighted by atomic mass is 10.3. The zero-order valence-electron chi connectivity index (χ0n) is 8.91. The van der Waals surface area contributed by atoms with E-state index < -0.39 is 0 Å². The van der Waals surface area contributed by atoms with Crippen molar-refractivity contribution >= 4 is 11.5 Å². The minimum atomic E-state index is 0.726. The summed E-state index contributed by atoms with van der Waals surface area (Å²) in [6, 6.07) is 9.65. The van der Waals surface area contributed by atoms with E-state index in [1.165, 1.54) is 0 Å². The van der Waals surface area contributed by atoms with E-state index in [1.807, 2.05) is 51.1 Å². The monoisotopic (exact) mass is 194 g/mol. The van der Waals surface area contributed by atoms with Gasteiger partial charge in [-0.3, -0.25) is 11.3 Å². The molecule has 0 aliphatic heterocycles. The molecule has 0 unspecified atom stereocenters. The van der Waals surface area contributed by atoms with Crippen molar-refractivity contribution < 1.29 is 0 Å². The maximum absolute atomic E-state index is 5.04. The zero-order chi connectivity index (χ0) is 10.8. The molecule has 0 fully saturated rings. The highest BCUT2D eigenvalue weighted by Crippen LogP contribution is 2.08.